The van der Waals surface area contributed by atoms with E-state index in [1.165, 1.54) is 6.07 Å². The van der Waals surface area contributed by atoms with Gasteiger partial charge in [0.25, 0.3) is 9.05 Å². The molecule has 0 aliphatic heterocycles. The first-order valence-corrected chi connectivity index (χ1v) is 9.10. The van der Waals surface area contributed by atoms with E-state index in [0.717, 1.165) is 0 Å². The summed E-state index contributed by atoms with van der Waals surface area (Å²) < 4.78 is 34.3. The Kier molecular flexibility index (Phi) is 4.90. The van der Waals surface area contributed by atoms with Gasteiger partial charge in [0, 0.05) is 21.6 Å². The molecule has 0 fully saturated rings. The number of nitrogens with zero attached hydrogens (tertiary/aromatic N) is 2. The number of halogens is 2. The van der Waals surface area contributed by atoms with Crippen molar-refractivity contribution < 1.29 is 17.7 Å². The van der Waals surface area contributed by atoms with Crippen LogP contribution in [-0.2, 0) is 22.1 Å². The molecule has 0 unspecified atom stereocenters. The molecule has 1 aromatic heterocycles. The normalized spacial score (nSPS) is 11.6. The fourth-order valence-corrected chi connectivity index (χ4v) is 3.47. The Hall–Kier alpha value is -1.12. The Bertz CT molecular complexity index is 761. The van der Waals surface area contributed by atoms with Crippen LogP contribution < -0.4 is 4.74 Å². The topological polar surface area (TPSA) is 82.3 Å². The molecule has 2 aromatic rings. The van der Waals surface area contributed by atoms with Crippen LogP contribution in [0.25, 0.3) is 0 Å². The summed E-state index contributed by atoms with van der Waals surface area (Å²) in [6, 6.07) is 3.12. The monoisotopic (exact) mass is 394 g/mol. The second kappa shape index (κ2) is 6.33. The highest BCUT2D eigenvalue weighted by atomic mass is 79.9. The van der Waals surface area contributed by atoms with Crippen molar-refractivity contribution in [1.29, 1.82) is 0 Å². The lowest BCUT2D eigenvalue weighted by atomic mass is 10.2. The number of aryl methyl sites for hydroxylation is 2. The van der Waals surface area contributed by atoms with Crippen LogP contribution in [0.2, 0.25) is 0 Å². The smallest absolute Gasteiger partial charge is 0.265 e. The van der Waals surface area contributed by atoms with Crippen LogP contribution >= 0.6 is 26.6 Å². The summed E-state index contributed by atoms with van der Waals surface area (Å²) in [6.45, 7) is 3.60. The van der Waals surface area contributed by atoms with Crippen molar-refractivity contribution in [3.05, 3.63) is 33.9 Å². The van der Waals surface area contributed by atoms with Crippen LogP contribution in [0.15, 0.2) is 26.0 Å². The number of hydrogen-bond acceptors (Lipinski definition) is 6. The largest absolute Gasteiger partial charge is 0.484 e. The van der Waals surface area contributed by atoms with Crippen LogP contribution in [0.5, 0.6) is 5.75 Å². The first-order valence-electron chi connectivity index (χ1n) is 6.00. The van der Waals surface area contributed by atoms with E-state index in [0.29, 0.717) is 28.2 Å². The van der Waals surface area contributed by atoms with E-state index in [2.05, 4.69) is 26.1 Å². The average Bonchev–Trinajstić information content (AvgIpc) is 2.83. The van der Waals surface area contributed by atoms with Crippen molar-refractivity contribution >= 4 is 35.7 Å². The highest BCUT2D eigenvalue weighted by Crippen LogP contribution is 2.34. The fraction of sp³-hybridized carbons (Fsp3) is 0.333. The van der Waals surface area contributed by atoms with Gasteiger partial charge in [0.15, 0.2) is 6.61 Å². The molecule has 0 saturated carbocycles. The molecule has 0 amide bonds. The minimum atomic E-state index is -3.93. The number of benzene rings is 1. The number of ether oxygens (including phenoxy) is 1. The average molecular weight is 396 g/mol. The fourth-order valence-electron chi connectivity index (χ4n) is 1.69. The van der Waals surface area contributed by atoms with Crippen LogP contribution in [0.3, 0.4) is 0 Å². The Morgan fingerprint density at radius 1 is 1.43 bits per heavy atom. The summed E-state index contributed by atoms with van der Waals surface area (Å²) in [5.41, 5.74) is 0.628. The lowest BCUT2D eigenvalue weighted by Gasteiger charge is -2.11. The van der Waals surface area contributed by atoms with E-state index in [9.17, 15) is 8.42 Å². The van der Waals surface area contributed by atoms with Gasteiger partial charge >= 0.3 is 0 Å². The molecule has 0 aliphatic rings. The van der Waals surface area contributed by atoms with Gasteiger partial charge in [0.05, 0.1) is 0 Å². The SMILES string of the molecule is CCc1nc(COc2c(C)cc(Br)cc2S(=O)(=O)Cl)no1. The van der Waals surface area contributed by atoms with Crippen LogP contribution in [0.1, 0.15) is 24.2 Å². The van der Waals surface area contributed by atoms with Gasteiger partial charge in [-0.25, -0.2) is 8.42 Å². The van der Waals surface area contributed by atoms with Crippen molar-refractivity contribution in [3.8, 4) is 5.75 Å². The van der Waals surface area contributed by atoms with E-state index in [1.807, 2.05) is 6.92 Å². The standard InChI is InChI=1S/C12H12BrClN2O4S/c1-3-11-15-10(16-20-11)6-19-12-7(2)4-8(13)5-9(12)21(14,17)18/h4-5H,3,6H2,1-2H3. The molecular formula is C12H12BrClN2O4S. The molecular weight excluding hydrogens is 384 g/mol. The van der Waals surface area contributed by atoms with E-state index in [4.69, 9.17) is 19.9 Å². The predicted octanol–water partition coefficient (Wildman–Crippen LogP) is 3.21. The van der Waals surface area contributed by atoms with Gasteiger partial charge in [-0.05, 0) is 24.6 Å². The van der Waals surface area contributed by atoms with Crippen LogP contribution in [0, 0.1) is 6.92 Å². The Morgan fingerprint density at radius 3 is 2.71 bits per heavy atom. The van der Waals surface area contributed by atoms with Gasteiger partial charge in [0.2, 0.25) is 11.7 Å². The molecule has 0 atom stereocenters. The Balaban J connectivity index is 2.31. The first-order chi connectivity index (χ1) is 9.81. The lowest BCUT2D eigenvalue weighted by Crippen LogP contribution is -2.04. The summed E-state index contributed by atoms with van der Waals surface area (Å²) in [4.78, 5) is 3.99. The summed E-state index contributed by atoms with van der Waals surface area (Å²) in [5, 5.41) is 3.74. The molecule has 0 radical (unpaired) electrons. The van der Waals surface area contributed by atoms with E-state index < -0.39 is 9.05 Å². The maximum absolute atomic E-state index is 11.6. The second-order valence-electron chi connectivity index (χ2n) is 4.23. The van der Waals surface area contributed by atoms with Gasteiger partial charge in [-0.1, -0.05) is 28.0 Å². The summed E-state index contributed by atoms with van der Waals surface area (Å²) >= 11 is 3.23. The molecule has 114 valence electrons. The first kappa shape index (κ1) is 16.3. The van der Waals surface area contributed by atoms with Crippen molar-refractivity contribution in [1.82, 2.24) is 10.1 Å². The lowest BCUT2D eigenvalue weighted by molar-refractivity contribution is 0.277. The predicted molar refractivity (Wildman–Crippen MR) is 79.9 cm³/mol. The molecule has 9 heteroatoms. The molecule has 0 bridgehead atoms. The molecule has 6 nitrogen and oxygen atoms in total. The summed E-state index contributed by atoms with van der Waals surface area (Å²) in [6.07, 6.45) is 0.617. The van der Waals surface area contributed by atoms with Crippen molar-refractivity contribution in [2.45, 2.75) is 31.8 Å². The zero-order valence-electron chi connectivity index (χ0n) is 11.3. The molecule has 0 aliphatic carbocycles. The zero-order valence-corrected chi connectivity index (χ0v) is 14.4. The summed E-state index contributed by atoms with van der Waals surface area (Å²) in [5.74, 6) is 1.01. The Morgan fingerprint density at radius 2 is 2.14 bits per heavy atom. The minimum absolute atomic E-state index is 0.00855. The number of aromatic nitrogens is 2. The highest BCUT2D eigenvalue weighted by molar-refractivity contribution is 9.10. The van der Waals surface area contributed by atoms with Crippen molar-refractivity contribution in [2.24, 2.45) is 0 Å². The Labute approximate surface area is 135 Å². The molecule has 2 rings (SSSR count). The van der Waals surface area contributed by atoms with E-state index in [1.54, 1.807) is 13.0 Å². The van der Waals surface area contributed by atoms with Gasteiger partial charge in [-0.15, -0.1) is 0 Å². The number of rotatable bonds is 5. The molecule has 21 heavy (non-hydrogen) atoms. The molecule has 0 spiro atoms. The third-order valence-electron chi connectivity index (χ3n) is 2.63. The van der Waals surface area contributed by atoms with E-state index in [-0.39, 0.29) is 17.3 Å². The van der Waals surface area contributed by atoms with E-state index >= 15 is 0 Å². The maximum Gasteiger partial charge on any atom is 0.265 e. The highest BCUT2D eigenvalue weighted by Gasteiger charge is 2.20. The quantitative estimate of drug-likeness (QED) is 0.723. The number of hydrogen-bond donors (Lipinski definition) is 0. The van der Waals surface area contributed by atoms with Crippen molar-refractivity contribution in [2.75, 3.05) is 0 Å². The van der Waals surface area contributed by atoms with Crippen molar-refractivity contribution in [3.63, 3.8) is 0 Å². The molecule has 0 N–H and O–H groups in total. The summed E-state index contributed by atoms with van der Waals surface area (Å²) in [7, 11) is 1.51. The van der Waals surface area contributed by atoms with Crippen LogP contribution in [0.4, 0.5) is 0 Å². The van der Waals surface area contributed by atoms with Gasteiger partial charge in [-0.3, -0.25) is 0 Å². The minimum Gasteiger partial charge on any atom is -0.484 e. The zero-order chi connectivity index (χ0) is 15.6. The molecule has 0 saturated heterocycles. The third-order valence-corrected chi connectivity index (χ3v) is 4.41. The van der Waals surface area contributed by atoms with Crippen LogP contribution in [-0.4, -0.2) is 18.6 Å². The maximum atomic E-state index is 11.6. The van der Waals surface area contributed by atoms with Gasteiger partial charge in [-0.2, -0.15) is 4.98 Å². The van der Waals surface area contributed by atoms with Gasteiger partial charge < -0.3 is 9.26 Å². The molecule has 1 heterocycles. The molecule has 1 aromatic carbocycles. The second-order valence-corrected chi connectivity index (χ2v) is 7.68. The third kappa shape index (κ3) is 3.96. The van der Waals surface area contributed by atoms with Gasteiger partial charge in [0.1, 0.15) is 10.6 Å².